The smallest absolute Gasteiger partial charge is 0.308 e. The number of hydrogen-bond donors (Lipinski definition) is 1. The molecular formula is C8H16N3O4PS. The van der Waals surface area contributed by atoms with Gasteiger partial charge in [0.15, 0.2) is 0 Å². The van der Waals surface area contributed by atoms with Crippen LogP contribution in [0.1, 0.15) is 19.7 Å². The highest BCUT2D eigenvalue weighted by molar-refractivity contribution is 7.91. The largest absolute Gasteiger partial charge is 0.343 e. The lowest BCUT2D eigenvalue weighted by Gasteiger charge is -2.15. The quantitative estimate of drug-likeness (QED) is 0.721. The summed E-state index contributed by atoms with van der Waals surface area (Å²) in [5.74, 6) is 0.646. The topological polar surface area (TPSA) is 94.2 Å². The van der Waals surface area contributed by atoms with Gasteiger partial charge in [-0.05, 0) is 13.8 Å². The first kappa shape index (κ1) is 14.5. The monoisotopic (exact) mass is 281 g/mol. The maximum absolute atomic E-state index is 12.1. The van der Waals surface area contributed by atoms with Gasteiger partial charge in [0.1, 0.15) is 17.6 Å². The third-order valence-electron chi connectivity index (χ3n) is 1.72. The van der Waals surface area contributed by atoms with E-state index in [0.717, 1.165) is 0 Å². The van der Waals surface area contributed by atoms with Crippen molar-refractivity contribution >= 4 is 18.4 Å². The van der Waals surface area contributed by atoms with Crippen molar-refractivity contribution in [3.63, 3.8) is 0 Å². The van der Waals surface area contributed by atoms with E-state index < -0.39 is 18.4 Å². The predicted octanol–water partition coefficient (Wildman–Crippen LogP) is 1.28. The van der Waals surface area contributed by atoms with Gasteiger partial charge in [0.2, 0.25) is 0 Å². The molecule has 1 N–H and O–H groups in total. The first-order chi connectivity index (χ1) is 8.09. The maximum Gasteiger partial charge on any atom is 0.343 e. The second-order valence-electron chi connectivity index (χ2n) is 3.09. The Balaban J connectivity index is 2.55. The molecule has 0 amide bonds. The summed E-state index contributed by atoms with van der Waals surface area (Å²) in [7, 11) is -4.62. The van der Waals surface area contributed by atoms with Gasteiger partial charge in [-0.2, -0.15) is 5.10 Å². The second kappa shape index (κ2) is 7.00. The van der Waals surface area contributed by atoms with Crippen molar-refractivity contribution < 1.29 is 17.8 Å². The zero-order valence-electron chi connectivity index (χ0n) is 9.79. The molecule has 9 heteroatoms. The molecule has 1 unspecified atom stereocenters. The van der Waals surface area contributed by atoms with Crippen LogP contribution in [0.5, 0.6) is 0 Å². The van der Waals surface area contributed by atoms with Crippen LogP contribution in [0.4, 0.5) is 0 Å². The van der Waals surface area contributed by atoms with E-state index in [9.17, 15) is 8.77 Å². The van der Waals surface area contributed by atoms with Gasteiger partial charge in [-0.25, -0.2) is 4.98 Å². The Morgan fingerprint density at radius 1 is 1.41 bits per heavy atom. The van der Waals surface area contributed by atoms with Crippen LogP contribution in [0.15, 0.2) is 6.33 Å². The van der Waals surface area contributed by atoms with Gasteiger partial charge in [-0.1, -0.05) is 0 Å². The average molecular weight is 281 g/mol. The highest BCUT2D eigenvalue weighted by Gasteiger charge is 2.27. The van der Waals surface area contributed by atoms with Crippen LogP contribution in [-0.4, -0.2) is 38.1 Å². The minimum Gasteiger partial charge on any atom is -0.308 e. The molecule has 0 aliphatic carbocycles. The van der Waals surface area contributed by atoms with E-state index in [1.807, 2.05) is 0 Å². The summed E-state index contributed by atoms with van der Waals surface area (Å²) in [4.78, 5) is 3.85. The van der Waals surface area contributed by atoms with E-state index in [0.29, 0.717) is 5.82 Å². The van der Waals surface area contributed by atoms with Crippen molar-refractivity contribution in [3.8, 4) is 0 Å². The van der Waals surface area contributed by atoms with Crippen LogP contribution in [0.25, 0.3) is 0 Å². The second-order valence-corrected chi connectivity index (χ2v) is 7.03. The van der Waals surface area contributed by atoms with Gasteiger partial charge >= 0.3 is 7.60 Å². The van der Waals surface area contributed by atoms with Gasteiger partial charge in [0.25, 0.3) is 0 Å². The minimum absolute atomic E-state index is 0.130. The Morgan fingerprint density at radius 3 is 2.53 bits per heavy atom. The predicted molar refractivity (Wildman–Crippen MR) is 64.0 cm³/mol. The number of nitrogens with one attached hydrogen (secondary N) is 1. The number of rotatable bonds is 8. The van der Waals surface area contributed by atoms with Crippen molar-refractivity contribution in [1.82, 2.24) is 15.2 Å². The summed E-state index contributed by atoms with van der Waals surface area (Å²) in [5, 5.41) is 6.23. The molecule has 0 aliphatic rings. The summed E-state index contributed by atoms with van der Waals surface area (Å²) >= 11 is 0. The molecule has 0 fully saturated rings. The van der Waals surface area contributed by atoms with E-state index in [2.05, 4.69) is 15.2 Å². The molecule has 1 aromatic heterocycles. The Bertz CT molecular complexity index is 387. The van der Waals surface area contributed by atoms with E-state index in [-0.39, 0.29) is 24.5 Å². The van der Waals surface area contributed by atoms with Gasteiger partial charge in [-0.3, -0.25) is 13.9 Å². The van der Waals surface area contributed by atoms with Crippen LogP contribution in [0.2, 0.25) is 0 Å². The van der Waals surface area contributed by atoms with Crippen molar-refractivity contribution in [2.75, 3.05) is 18.7 Å². The number of aromatic nitrogens is 3. The molecule has 0 aliphatic heterocycles. The van der Waals surface area contributed by atoms with Crippen LogP contribution < -0.4 is 0 Å². The maximum atomic E-state index is 12.1. The zero-order valence-corrected chi connectivity index (χ0v) is 11.5. The Morgan fingerprint density at radius 2 is 2.06 bits per heavy atom. The van der Waals surface area contributed by atoms with E-state index in [4.69, 9.17) is 9.05 Å². The lowest BCUT2D eigenvalue weighted by atomic mass is 10.7. The molecule has 0 saturated carbocycles. The van der Waals surface area contributed by atoms with Crippen molar-refractivity contribution in [2.45, 2.75) is 19.6 Å². The molecule has 98 valence electrons. The van der Waals surface area contributed by atoms with Gasteiger partial charge in [-0.15, -0.1) is 0 Å². The first-order valence-corrected chi connectivity index (χ1v) is 8.38. The summed E-state index contributed by atoms with van der Waals surface area (Å²) in [6.07, 6.45) is 1.33. The molecule has 17 heavy (non-hydrogen) atoms. The third kappa shape index (κ3) is 5.08. The van der Waals surface area contributed by atoms with Crippen molar-refractivity contribution in [3.05, 3.63) is 12.2 Å². The van der Waals surface area contributed by atoms with Crippen molar-refractivity contribution in [2.24, 2.45) is 0 Å². The highest BCUT2D eigenvalue weighted by Crippen LogP contribution is 2.48. The number of nitrogens with zero attached hydrogens (tertiary/aromatic N) is 2. The normalized spacial score (nSPS) is 13.8. The fourth-order valence-electron chi connectivity index (χ4n) is 1.18. The number of hydrogen-bond acceptors (Lipinski definition) is 6. The molecule has 0 aromatic carbocycles. The van der Waals surface area contributed by atoms with Gasteiger partial charge < -0.3 is 9.05 Å². The third-order valence-corrected chi connectivity index (χ3v) is 6.03. The molecule has 1 rings (SSSR count). The molecule has 1 atom stereocenters. The molecule has 1 heterocycles. The Hall–Kier alpha value is -0.560. The summed E-state index contributed by atoms with van der Waals surface area (Å²) in [6, 6.07) is 0. The zero-order chi connectivity index (χ0) is 12.7. The fraction of sp³-hybridized carbons (Fsp3) is 0.750. The van der Waals surface area contributed by atoms with Gasteiger partial charge in [0.05, 0.1) is 19.0 Å². The Kier molecular flexibility index (Phi) is 5.97. The number of H-pyrrole nitrogens is 1. The number of aromatic amines is 1. The molecule has 0 radical (unpaired) electrons. The lowest BCUT2D eigenvalue weighted by Crippen LogP contribution is -2.07. The van der Waals surface area contributed by atoms with Crippen LogP contribution >= 0.6 is 7.60 Å². The molecule has 1 aromatic rings. The first-order valence-electron chi connectivity index (χ1n) is 5.17. The minimum atomic E-state index is -3.26. The highest BCUT2D eigenvalue weighted by atomic mass is 32.2. The average Bonchev–Trinajstić information content (AvgIpc) is 2.70. The summed E-state index contributed by atoms with van der Waals surface area (Å²) < 4.78 is 33.9. The van der Waals surface area contributed by atoms with E-state index in [1.165, 1.54) is 6.33 Å². The summed E-state index contributed by atoms with van der Waals surface area (Å²) in [6.45, 7) is 3.95. The lowest BCUT2D eigenvalue weighted by molar-refractivity contribution is 0.224. The Labute approximate surface area is 102 Å². The van der Waals surface area contributed by atoms with Crippen LogP contribution in [0.3, 0.4) is 0 Å². The van der Waals surface area contributed by atoms with Crippen molar-refractivity contribution in [1.29, 1.82) is 0 Å². The SMILES string of the molecule is CCOP(=O)(CS(=O)Cc1ncn[nH]1)OCC. The molecule has 7 nitrogen and oxygen atoms in total. The molecule has 0 saturated heterocycles. The van der Waals surface area contributed by atoms with E-state index in [1.54, 1.807) is 13.8 Å². The molecule has 0 bridgehead atoms. The fourth-order valence-corrected chi connectivity index (χ4v) is 4.86. The van der Waals surface area contributed by atoms with Crippen LogP contribution in [-0.2, 0) is 30.2 Å². The molecule has 0 spiro atoms. The summed E-state index contributed by atoms with van der Waals surface area (Å²) in [5.41, 5.74) is -0.130. The molecular weight excluding hydrogens is 265 g/mol. The van der Waals surface area contributed by atoms with Crippen LogP contribution in [0, 0.1) is 0 Å². The van der Waals surface area contributed by atoms with E-state index >= 15 is 0 Å². The van der Waals surface area contributed by atoms with Gasteiger partial charge in [0, 0.05) is 10.8 Å². The standard InChI is InChI=1S/C8H16N3O4PS/c1-3-14-16(12,15-4-2)7-17(13)5-8-9-6-10-11-8/h6H,3-5,7H2,1-2H3,(H,9,10,11).